The summed E-state index contributed by atoms with van der Waals surface area (Å²) in [5.74, 6) is -0.244. The van der Waals surface area contributed by atoms with Crippen LogP contribution in [0.15, 0.2) is 30.5 Å². The topological polar surface area (TPSA) is 90.4 Å². The van der Waals surface area contributed by atoms with E-state index in [0.29, 0.717) is 13.2 Å². The van der Waals surface area contributed by atoms with Gasteiger partial charge in [-0.2, -0.15) is 0 Å². The molecule has 0 heterocycles. The van der Waals surface area contributed by atoms with Crippen molar-refractivity contribution in [2.45, 2.75) is 13.5 Å². The summed E-state index contributed by atoms with van der Waals surface area (Å²) >= 11 is 1.12. The molecule has 0 aromatic heterocycles. The molecule has 0 radical (unpaired) electrons. The van der Waals surface area contributed by atoms with E-state index in [9.17, 15) is 4.79 Å². The minimum Gasteiger partial charge on any atom is -0.465 e. The van der Waals surface area contributed by atoms with Gasteiger partial charge in [0.1, 0.15) is 0 Å². The molecule has 1 aromatic rings. The van der Waals surface area contributed by atoms with E-state index in [1.165, 1.54) is 6.20 Å². The number of hydrogen-bond donors (Lipinski definition) is 3. The first-order valence-electron chi connectivity index (χ1n) is 5.95. The summed E-state index contributed by atoms with van der Waals surface area (Å²) in [6.45, 7) is 3.01. The summed E-state index contributed by atoms with van der Waals surface area (Å²) in [5.41, 5.74) is 7.52. The highest BCUT2D eigenvalue weighted by atomic mass is 32.2. The number of ether oxygens (including phenoxy) is 1. The van der Waals surface area contributed by atoms with Crippen LogP contribution in [0.4, 0.5) is 0 Å². The van der Waals surface area contributed by atoms with Gasteiger partial charge in [-0.3, -0.25) is 9.93 Å². The standard InChI is InChI=1S/C13H19N3O2S/c1-2-18-13(17)9-16-8-10-3-5-11(6-4-10)12(7-14)19-15/h3-7,16H,2,8-9,14-15H2,1H3/b12-7-. The Balaban J connectivity index is 2.47. The van der Waals surface area contributed by atoms with Crippen molar-refractivity contribution >= 4 is 22.8 Å². The van der Waals surface area contributed by atoms with Gasteiger partial charge in [0.2, 0.25) is 0 Å². The Kier molecular flexibility index (Phi) is 7.02. The quantitative estimate of drug-likeness (QED) is 0.514. The van der Waals surface area contributed by atoms with E-state index in [4.69, 9.17) is 15.6 Å². The fourth-order valence-electron chi connectivity index (χ4n) is 1.51. The van der Waals surface area contributed by atoms with Crippen LogP contribution in [0.5, 0.6) is 0 Å². The Labute approximate surface area is 117 Å². The molecular formula is C13H19N3O2S. The van der Waals surface area contributed by atoms with Crippen LogP contribution in [0.2, 0.25) is 0 Å². The monoisotopic (exact) mass is 281 g/mol. The number of benzene rings is 1. The van der Waals surface area contributed by atoms with E-state index in [1.54, 1.807) is 6.92 Å². The molecular weight excluding hydrogens is 262 g/mol. The van der Waals surface area contributed by atoms with Crippen molar-refractivity contribution < 1.29 is 9.53 Å². The summed E-state index contributed by atoms with van der Waals surface area (Å²) < 4.78 is 4.82. The smallest absolute Gasteiger partial charge is 0.319 e. The van der Waals surface area contributed by atoms with Gasteiger partial charge in [0.05, 0.1) is 13.2 Å². The van der Waals surface area contributed by atoms with Gasteiger partial charge in [-0.25, -0.2) is 0 Å². The zero-order valence-corrected chi connectivity index (χ0v) is 11.7. The van der Waals surface area contributed by atoms with Crippen LogP contribution in [0.1, 0.15) is 18.1 Å². The van der Waals surface area contributed by atoms with Gasteiger partial charge in [0, 0.05) is 17.6 Å². The van der Waals surface area contributed by atoms with Gasteiger partial charge in [-0.05, 0) is 30.0 Å². The first-order chi connectivity index (χ1) is 9.21. The molecule has 0 aliphatic heterocycles. The lowest BCUT2D eigenvalue weighted by molar-refractivity contribution is -0.142. The second kappa shape index (κ2) is 8.58. The van der Waals surface area contributed by atoms with Crippen LogP contribution in [-0.2, 0) is 16.1 Å². The van der Waals surface area contributed by atoms with Crippen molar-refractivity contribution in [3.8, 4) is 0 Å². The Morgan fingerprint density at radius 2 is 2.11 bits per heavy atom. The lowest BCUT2D eigenvalue weighted by Gasteiger charge is -2.07. The third kappa shape index (κ3) is 5.34. The molecule has 0 saturated carbocycles. The minimum absolute atomic E-state index is 0.211. The van der Waals surface area contributed by atoms with E-state index in [1.807, 2.05) is 24.3 Å². The van der Waals surface area contributed by atoms with E-state index < -0.39 is 0 Å². The average molecular weight is 281 g/mol. The molecule has 0 unspecified atom stereocenters. The molecule has 1 aromatic carbocycles. The van der Waals surface area contributed by atoms with Gasteiger partial charge >= 0.3 is 5.97 Å². The third-order valence-corrected chi connectivity index (χ3v) is 3.05. The number of nitrogens with one attached hydrogen (secondary N) is 1. The minimum atomic E-state index is -0.244. The number of hydrogen-bond acceptors (Lipinski definition) is 6. The Bertz CT molecular complexity index is 432. The highest BCUT2D eigenvalue weighted by molar-refractivity contribution is 8.06. The number of carbonyl (C=O) groups excluding carboxylic acids is 1. The van der Waals surface area contributed by atoms with E-state index >= 15 is 0 Å². The van der Waals surface area contributed by atoms with Crippen LogP contribution in [0.3, 0.4) is 0 Å². The Hall–Kier alpha value is -1.50. The highest BCUT2D eigenvalue weighted by Gasteiger charge is 2.02. The van der Waals surface area contributed by atoms with Crippen LogP contribution >= 0.6 is 11.9 Å². The predicted octanol–water partition coefficient (Wildman–Crippen LogP) is 1.20. The second-order valence-electron chi connectivity index (χ2n) is 3.75. The molecule has 0 saturated heterocycles. The lowest BCUT2D eigenvalue weighted by Crippen LogP contribution is -2.24. The van der Waals surface area contributed by atoms with Crippen molar-refractivity contribution in [2.24, 2.45) is 10.9 Å². The molecule has 6 heteroatoms. The summed E-state index contributed by atoms with van der Waals surface area (Å²) in [7, 11) is 0. The van der Waals surface area contributed by atoms with Gasteiger partial charge in [0.15, 0.2) is 0 Å². The van der Waals surface area contributed by atoms with E-state index in [0.717, 1.165) is 28.0 Å². The van der Waals surface area contributed by atoms with Gasteiger partial charge in [0.25, 0.3) is 0 Å². The largest absolute Gasteiger partial charge is 0.465 e. The summed E-state index contributed by atoms with van der Waals surface area (Å²) in [6.07, 6.45) is 1.48. The van der Waals surface area contributed by atoms with Crippen LogP contribution in [0, 0.1) is 0 Å². The van der Waals surface area contributed by atoms with Gasteiger partial charge in [-0.15, -0.1) is 0 Å². The fraction of sp³-hybridized carbons (Fsp3) is 0.308. The molecule has 0 fully saturated rings. The second-order valence-corrected chi connectivity index (χ2v) is 4.43. The van der Waals surface area contributed by atoms with Gasteiger partial charge < -0.3 is 15.8 Å². The summed E-state index contributed by atoms with van der Waals surface area (Å²) in [6, 6.07) is 7.82. The van der Waals surface area contributed by atoms with Crippen LogP contribution < -0.4 is 16.2 Å². The number of carbonyl (C=O) groups is 1. The van der Waals surface area contributed by atoms with E-state index in [2.05, 4.69) is 5.32 Å². The number of nitrogens with two attached hydrogens (primary N) is 2. The van der Waals surface area contributed by atoms with Crippen molar-refractivity contribution in [1.82, 2.24) is 5.32 Å². The highest BCUT2D eigenvalue weighted by Crippen LogP contribution is 2.21. The molecule has 5 nitrogen and oxygen atoms in total. The molecule has 0 aliphatic rings. The zero-order chi connectivity index (χ0) is 14.1. The molecule has 0 aliphatic carbocycles. The Morgan fingerprint density at radius 3 is 2.63 bits per heavy atom. The molecule has 1 rings (SSSR count). The molecule has 104 valence electrons. The van der Waals surface area contributed by atoms with Gasteiger partial charge in [-0.1, -0.05) is 24.3 Å². The summed E-state index contributed by atoms with van der Waals surface area (Å²) in [5, 5.41) is 8.52. The maximum absolute atomic E-state index is 11.1. The van der Waals surface area contributed by atoms with Crippen molar-refractivity contribution in [1.29, 1.82) is 0 Å². The molecule has 19 heavy (non-hydrogen) atoms. The molecule has 0 amide bonds. The third-order valence-electron chi connectivity index (χ3n) is 2.42. The first-order valence-corrected chi connectivity index (χ1v) is 6.83. The van der Waals surface area contributed by atoms with Crippen molar-refractivity contribution in [3.63, 3.8) is 0 Å². The normalized spacial score (nSPS) is 11.4. The molecule has 0 atom stereocenters. The SMILES string of the molecule is CCOC(=O)CNCc1ccc(/C(=C/N)SN)cc1. The van der Waals surface area contributed by atoms with Crippen LogP contribution in [-0.4, -0.2) is 19.1 Å². The Morgan fingerprint density at radius 1 is 1.42 bits per heavy atom. The maximum atomic E-state index is 11.1. The fourth-order valence-corrected chi connectivity index (χ4v) is 1.86. The predicted molar refractivity (Wildman–Crippen MR) is 78.7 cm³/mol. The number of esters is 1. The lowest BCUT2D eigenvalue weighted by atomic mass is 10.1. The molecule has 5 N–H and O–H groups in total. The first kappa shape index (κ1) is 15.6. The average Bonchev–Trinajstić information content (AvgIpc) is 2.42. The number of rotatable bonds is 7. The van der Waals surface area contributed by atoms with Crippen LogP contribution in [0.25, 0.3) is 4.91 Å². The zero-order valence-electron chi connectivity index (χ0n) is 10.9. The van der Waals surface area contributed by atoms with Crippen molar-refractivity contribution in [2.75, 3.05) is 13.2 Å². The van der Waals surface area contributed by atoms with Crippen molar-refractivity contribution in [3.05, 3.63) is 41.6 Å². The molecule has 0 spiro atoms. The maximum Gasteiger partial charge on any atom is 0.319 e. The molecule has 0 bridgehead atoms. The van der Waals surface area contributed by atoms with E-state index in [-0.39, 0.29) is 12.5 Å². The summed E-state index contributed by atoms with van der Waals surface area (Å²) in [4.78, 5) is 12.0.